The third kappa shape index (κ3) is 1.79. The summed E-state index contributed by atoms with van der Waals surface area (Å²) in [6.45, 7) is 6.75. The van der Waals surface area contributed by atoms with Crippen molar-refractivity contribution in [2.45, 2.75) is 45.2 Å². The van der Waals surface area contributed by atoms with E-state index >= 15 is 0 Å². The molecular weight excluding hydrogens is 178 g/mol. The van der Waals surface area contributed by atoms with E-state index in [0.29, 0.717) is 12.1 Å². The molecular formula is C11H17NS. The molecule has 0 saturated carbocycles. The molecule has 1 fully saturated rings. The van der Waals surface area contributed by atoms with Crippen LogP contribution in [0.1, 0.15) is 35.9 Å². The molecule has 13 heavy (non-hydrogen) atoms. The molecule has 1 N–H and O–H groups in total. The lowest BCUT2D eigenvalue weighted by molar-refractivity contribution is 0.578. The van der Waals surface area contributed by atoms with Gasteiger partial charge in [0.15, 0.2) is 0 Å². The fourth-order valence-electron chi connectivity index (χ4n) is 2.23. The second-order valence-electron chi connectivity index (χ2n) is 4.15. The van der Waals surface area contributed by atoms with Crippen molar-refractivity contribution in [2.75, 3.05) is 0 Å². The van der Waals surface area contributed by atoms with Crippen LogP contribution < -0.4 is 5.32 Å². The zero-order valence-electron chi connectivity index (χ0n) is 8.50. The molecule has 2 heteroatoms. The van der Waals surface area contributed by atoms with Gasteiger partial charge in [0, 0.05) is 27.8 Å². The number of nitrogens with one attached hydrogen (secondary N) is 1. The third-order valence-electron chi connectivity index (χ3n) is 2.89. The van der Waals surface area contributed by atoms with Crippen LogP contribution in [0.4, 0.5) is 0 Å². The third-order valence-corrected chi connectivity index (χ3v) is 4.02. The van der Waals surface area contributed by atoms with Crippen molar-refractivity contribution in [3.8, 4) is 0 Å². The van der Waals surface area contributed by atoms with Crippen LogP contribution in [0.3, 0.4) is 0 Å². The Balaban J connectivity index is 2.17. The Hall–Kier alpha value is -0.340. The molecule has 0 bridgehead atoms. The Kier molecular flexibility index (Phi) is 2.43. The van der Waals surface area contributed by atoms with Crippen molar-refractivity contribution in [3.63, 3.8) is 0 Å². The molecule has 72 valence electrons. The van der Waals surface area contributed by atoms with E-state index in [-0.39, 0.29) is 0 Å². The number of thiophene rings is 1. The van der Waals surface area contributed by atoms with E-state index in [1.165, 1.54) is 11.3 Å². The number of rotatable bonds is 1. The normalized spacial score (nSPS) is 33.9. The topological polar surface area (TPSA) is 12.0 Å². The van der Waals surface area contributed by atoms with Crippen molar-refractivity contribution in [1.82, 2.24) is 5.32 Å². The van der Waals surface area contributed by atoms with E-state index in [4.69, 9.17) is 0 Å². The molecule has 1 aromatic heterocycles. The average Bonchev–Trinajstić information content (AvgIpc) is 2.58. The van der Waals surface area contributed by atoms with Crippen LogP contribution in [0.2, 0.25) is 0 Å². The summed E-state index contributed by atoms with van der Waals surface area (Å²) in [6.07, 6.45) is 1.29. The first-order valence-electron chi connectivity index (χ1n) is 4.99. The zero-order valence-corrected chi connectivity index (χ0v) is 9.32. The molecule has 1 saturated heterocycles. The second-order valence-corrected chi connectivity index (χ2v) is 5.47. The van der Waals surface area contributed by atoms with E-state index in [2.05, 4.69) is 38.2 Å². The van der Waals surface area contributed by atoms with Gasteiger partial charge in [0.05, 0.1) is 0 Å². The average molecular weight is 195 g/mol. The molecule has 1 aliphatic rings. The van der Waals surface area contributed by atoms with Gasteiger partial charge in [0.2, 0.25) is 0 Å². The maximum Gasteiger partial charge on any atom is 0.0118 e. The summed E-state index contributed by atoms with van der Waals surface area (Å²) in [4.78, 5) is 2.99. The van der Waals surface area contributed by atoms with Crippen LogP contribution >= 0.6 is 11.3 Å². The molecule has 0 amide bonds. The van der Waals surface area contributed by atoms with Crippen molar-refractivity contribution in [3.05, 3.63) is 21.9 Å². The predicted octanol–water partition coefficient (Wildman–Crippen LogP) is 2.91. The van der Waals surface area contributed by atoms with Gasteiger partial charge in [-0.1, -0.05) is 0 Å². The fraction of sp³-hybridized carbons (Fsp3) is 0.636. The van der Waals surface area contributed by atoms with Gasteiger partial charge in [-0.3, -0.25) is 0 Å². The Morgan fingerprint density at radius 2 is 2.15 bits per heavy atom. The van der Waals surface area contributed by atoms with Gasteiger partial charge in [-0.2, -0.15) is 0 Å². The largest absolute Gasteiger partial charge is 0.311 e. The van der Waals surface area contributed by atoms with Crippen LogP contribution in [-0.4, -0.2) is 12.1 Å². The Morgan fingerprint density at radius 1 is 1.38 bits per heavy atom. The van der Waals surface area contributed by atoms with Gasteiger partial charge >= 0.3 is 0 Å². The van der Waals surface area contributed by atoms with Crippen LogP contribution in [0, 0.1) is 6.92 Å². The fourth-order valence-corrected chi connectivity index (χ4v) is 3.33. The van der Waals surface area contributed by atoms with Crippen molar-refractivity contribution in [1.29, 1.82) is 0 Å². The molecule has 0 aromatic carbocycles. The SMILES string of the molecule is Cc1ccc(C2CC(C)NC2C)s1. The van der Waals surface area contributed by atoms with E-state index in [9.17, 15) is 0 Å². The quantitative estimate of drug-likeness (QED) is 0.726. The van der Waals surface area contributed by atoms with Crippen LogP contribution in [0.15, 0.2) is 12.1 Å². The molecule has 1 aromatic rings. The summed E-state index contributed by atoms with van der Waals surface area (Å²) in [7, 11) is 0. The predicted molar refractivity (Wildman–Crippen MR) is 58.5 cm³/mol. The summed E-state index contributed by atoms with van der Waals surface area (Å²) >= 11 is 1.95. The highest BCUT2D eigenvalue weighted by Crippen LogP contribution is 2.34. The van der Waals surface area contributed by atoms with Gasteiger partial charge in [-0.15, -0.1) is 11.3 Å². The maximum atomic E-state index is 3.58. The van der Waals surface area contributed by atoms with E-state index < -0.39 is 0 Å². The minimum atomic E-state index is 0.646. The Bertz CT molecular complexity index is 292. The molecule has 0 radical (unpaired) electrons. The molecule has 1 aliphatic heterocycles. The molecule has 3 unspecified atom stereocenters. The minimum Gasteiger partial charge on any atom is -0.311 e. The minimum absolute atomic E-state index is 0.646. The molecule has 2 rings (SSSR count). The summed E-state index contributed by atoms with van der Waals surface area (Å²) in [5, 5.41) is 3.58. The number of aryl methyl sites for hydroxylation is 1. The maximum absolute atomic E-state index is 3.58. The zero-order chi connectivity index (χ0) is 9.42. The van der Waals surface area contributed by atoms with Crippen LogP contribution in [0.25, 0.3) is 0 Å². The smallest absolute Gasteiger partial charge is 0.0118 e. The first kappa shape index (κ1) is 9.22. The number of hydrogen-bond acceptors (Lipinski definition) is 2. The standard InChI is InChI=1S/C11H17NS/c1-7-6-10(9(3)12-7)11-5-4-8(2)13-11/h4-5,7,9-10,12H,6H2,1-3H3. The lowest BCUT2D eigenvalue weighted by Crippen LogP contribution is -2.25. The van der Waals surface area contributed by atoms with Gasteiger partial charge in [0.1, 0.15) is 0 Å². The molecule has 0 aliphatic carbocycles. The van der Waals surface area contributed by atoms with Gasteiger partial charge in [0.25, 0.3) is 0 Å². The Morgan fingerprint density at radius 3 is 2.62 bits per heavy atom. The van der Waals surface area contributed by atoms with Gasteiger partial charge < -0.3 is 5.32 Å². The molecule has 2 heterocycles. The lowest BCUT2D eigenvalue weighted by Gasteiger charge is -2.12. The van der Waals surface area contributed by atoms with Crippen LogP contribution in [-0.2, 0) is 0 Å². The molecule has 0 spiro atoms. The van der Waals surface area contributed by atoms with Crippen molar-refractivity contribution in [2.24, 2.45) is 0 Å². The highest BCUT2D eigenvalue weighted by molar-refractivity contribution is 7.12. The lowest BCUT2D eigenvalue weighted by atomic mass is 9.99. The molecule has 1 nitrogen and oxygen atoms in total. The van der Waals surface area contributed by atoms with Gasteiger partial charge in [-0.25, -0.2) is 0 Å². The first-order valence-corrected chi connectivity index (χ1v) is 5.81. The highest BCUT2D eigenvalue weighted by Gasteiger charge is 2.29. The van der Waals surface area contributed by atoms with E-state index in [1.54, 1.807) is 4.88 Å². The van der Waals surface area contributed by atoms with Crippen LogP contribution in [0.5, 0.6) is 0 Å². The summed E-state index contributed by atoms with van der Waals surface area (Å²) < 4.78 is 0. The highest BCUT2D eigenvalue weighted by atomic mass is 32.1. The summed E-state index contributed by atoms with van der Waals surface area (Å²) in [6, 6.07) is 5.85. The summed E-state index contributed by atoms with van der Waals surface area (Å²) in [5.41, 5.74) is 0. The Labute approximate surface area is 84.2 Å². The van der Waals surface area contributed by atoms with Crippen molar-refractivity contribution < 1.29 is 0 Å². The first-order chi connectivity index (χ1) is 6.16. The number of hydrogen-bond donors (Lipinski definition) is 1. The molecule has 3 atom stereocenters. The second kappa shape index (κ2) is 3.43. The summed E-state index contributed by atoms with van der Waals surface area (Å²) in [5.74, 6) is 0.744. The van der Waals surface area contributed by atoms with Gasteiger partial charge in [-0.05, 0) is 39.3 Å². The van der Waals surface area contributed by atoms with E-state index in [1.807, 2.05) is 11.3 Å². The monoisotopic (exact) mass is 195 g/mol. The van der Waals surface area contributed by atoms with Crippen molar-refractivity contribution >= 4 is 11.3 Å². The van der Waals surface area contributed by atoms with E-state index in [0.717, 1.165) is 5.92 Å².